The molecular weight excluding hydrogens is 262 g/mol. The molecule has 3 N–H and O–H groups in total. The van der Waals surface area contributed by atoms with Crippen molar-refractivity contribution in [3.63, 3.8) is 0 Å². The highest BCUT2D eigenvalue weighted by Gasteiger charge is 2.06. The molecule has 2 aromatic rings. The van der Waals surface area contributed by atoms with Gasteiger partial charge in [-0.1, -0.05) is 0 Å². The van der Waals surface area contributed by atoms with Crippen molar-refractivity contribution >= 4 is 23.2 Å². The van der Waals surface area contributed by atoms with Crippen LogP contribution < -0.4 is 15.8 Å². The van der Waals surface area contributed by atoms with Gasteiger partial charge in [-0.25, -0.2) is 0 Å². The third-order valence-corrected chi connectivity index (χ3v) is 2.98. The standard InChI is InChI=1S/C12H17N5OS/c1-8(2)18-12-16-10(13)15-11(17-12)14-5-3-9-4-6-19-7-9/h4,6-8H,3,5H2,1-2H3,(H3,13,14,15,16,17). The number of anilines is 2. The molecule has 0 unspecified atom stereocenters. The maximum atomic E-state index is 5.62. The van der Waals surface area contributed by atoms with Crippen LogP contribution in [0, 0.1) is 0 Å². The molecule has 0 fully saturated rings. The van der Waals surface area contributed by atoms with Crippen molar-refractivity contribution in [3.05, 3.63) is 22.4 Å². The van der Waals surface area contributed by atoms with E-state index in [0.29, 0.717) is 5.95 Å². The van der Waals surface area contributed by atoms with E-state index in [1.165, 1.54) is 5.56 Å². The molecule has 2 heterocycles. The molecule has 0 spiro atoms. The molecule has 2 rings (SSSR count). The third-order valence-electron chi connectivity index (χ3n) is 2.25. The highest BCUT2D eigenvalue weighted by atomic mass is 32.1. The number of aromatic nitrogens is 3. The van der Waals surface area contributed by atoms with E-state index >= 15 is 0 Å². The third kappa shape index (κ3) is 4.36. The fourth-order valence-corrected chi connectivity index (χ4v) is 2.17. The summed E-state index contributed by atoms with van der Waals surface area (Å²) in [6.07, 6.45) is 0.913. The molecule has 0 aliphatic rings. The summed E-state index contributed by atoms with van der Waals surface area (Å²) in [6.45, 7) is 4.55. The van der Waals surface area contributed by atoms with E-state index in [-0.39, 0.29) is 18.1 Å². The summed E-state index contributed by atoms with van der Waals surface area (Å²) in [4.78, 5) is 12.1. The SMILES string of the molecule is CC(C)Oc1nc(N)nc(NCCc2ccsc2)n1. The Kier molecular flexibility index (Phi) is 4.51. The number of hydrogen-bond acceptors (Lipinski definition) is 7. The molecule has 0 saturated carbocycles. The van der Waals surface area contributed by atoms with Gasteiger partial charge in [0.2, 0.25) is 11.9 Å². The van der Waals surface area contributed by atoms with Gasteiger partial charge in [0.25, 0.3) is 0 Å². The Hall–Kier alpha value is -1.89. The topological polar surface area (TPSA) is 86.0 Å². The predicted molar refractivity (Wildman–Crippen MR) is 76.5 cm³/mol. The number of nitrogens with one attached hydrogen (secondary N) is 1. The van der Waals surface area contributed by atoms with Gasteiger partial charge in [-0.3, -0.25) is 0 Å². The van der Waals surface area contributed by atoms with Gasteiger partial charge in [0, 0.05) is 6.54 Å². The Labute approximate surface area is 116 Å². The fourth-order valence-electron chi connectivity index (χ4n) is 1.47. The first-order valence-electron chi connectivity index (χ1n) is 6.06. The van der Waals surface area contributed by atoms with E-state index < -0.39 is 0 Å². The van der Waals surface area contributed by atoms with Crippen LogP contribution in [0.5, 0.6) is 6.01 Å². The summed E-state index contributed by atoms with van der Waals surface area (Å²) in [5.74, 6) is 0.599. The summed E-state index contributed by atoms with van der Waals surface area (Å²) >= 11 is 1.69. The molecule has 0 radical (unpaired) electrons. The molecule has 19 heavy (non-hydrogen) atoms. The van der Waals surface area contributed by atoms with Gasteiger partial charge in [0.1, 0.15) is 0 Å². The van der Waals surface area contributed by atoms with Crippen LogP contribution in [0.25, 0.3) is 0 Å². The Morgan fingerprint density at radius 2 is 2.21 bits per heavy atom. The number of rotatable bonds is 6. The van der Waals surface area contributed by atoms with Crippen molar-refractivity contribution < 1.29 is 4.74 Å². The van der Waals surface area contributed by atoms with Crippen molar-refractivity contribution in [1.29, 1.82) is 0 Å². The molecule has 2 aromatic heterocycles. The van der Waals surface area contributed by atoms with Gasteiger partial charge in [-0.05, 0) is 42.7 Å². The summed E-state index contributed by atoms with van der Waals surface area (Å²) in [5, 5.41) is 7.30. The molecule has 0 saturated heterocycles. The van der Waals surface area contributed by atoms with E-state index in [1.807, 2.05) is 13.8 Å². The molecule has 0 aromatic carbocycles. The average Bonchev–Trinajstić information content (AvgIpc) is 2.80. The van der Waals surface area contributed by atoms with E-state index in [1.54, 1.807) is 11.3 Å². The molecule has 0 aliphatic heterocycles. The minimum absolute atomic E-state index is 0.000423. The zero-order valence-electron chi connectivity index (χ0n) is 11.0. The Bertz CT molecular complexity index is 515. The second-order valence-electron chi connectivity index (χ2n) is 4.27. The van der Waals surface area contributed by atoms with Crippen LogP contribution in [-0.2, 0) is 6.42 Å². The number of nitrogens with two attached hydrogens (primary N) is 1. The lowest BCUT2D eigenvalue weighted by Gasteiger charge is -2.09. The quantitative estimate of drug-likeness (QED) is 0.840. The first kappa shape index (κ1) is 13.5. The second-order valence-corrected chi connectivity index (χ2v) is 5.05. The van der Waals surface area contributed by atoms with Gasteiger partial charge in [-0.2, -0.15) is 26.3 Å². The maximum absolute atomic E-state index is 5.62. The van der Waals surface area contributed by atoms with Gasteiger partial charge in [0.15, 0.2) is 0 Å². The minimum Gasteiger partial charge on any atom is -0.461 e. The maximum Gasteiger partial charge on any atom is 0.323 e. The Morgan fingerprint density at radius 1 is 1.37 bits per heavy atom. The monoisotopic (exact) mass is 279 g/mol. The normalized spacial score (nSPS) is 10.7. The molecule has 0 atom stereocenters. The molecule has 102 valence electrons. The molecule has 7 heteroatoms. The number of ether oxygens (including phenoxy) is 1. The van der Waals surface area contributed by atoms with Crippen LogP contribution in [-0.4, -0.2) is 27.6 Å². The zero-order valence-corrected chi connectivity index (χ0v) is 11.8. The first-order valence-corrected chi connectivity index (χ1v) is 7.01. The van der Waals surface area contributed by atoms with Crippen LogP contribution in [0.1, 0.15) is 19.4 Å². The lowest BCUT2D eigenvalue weighted by atomic mass is 10.2. The lowest BCUT2D eigenvalue weighted by Crippen LogP contribution is -2.14. The van der Waals surface area contributed by atoms with Crippen LogP contribution in [0.3, 0.4) is 0 Å². The first-order chi connectivity index (χ1) is 9.13. The van der Waals surface area contributed by atoms with Crippen LogP contribution in [0.15, 0.2) is 16.8 Å². The smallest absolute Gasteiger partial charge is 0.323 e. The van der Waals surface area contributed by atoms with Crippen molar-refractivity contribution in [2.45, 2.75) is 26.4 Å². The number of thiophene rings is 1. The average molecular weight is 279 g/mol. The van der Waals surface area contributed by atoms with Gasteiger partial charge in [-0.15, -0.1) is 0 Å². The summed E-state index contributed by atoms with van der Waals surface area (Å²) in [6, 6.07) is 2.35. The van der Waals surface area contributed by atoms with E-state index in [4.69, 9.17) is 10.5 Å². The summed E-state index contributed by atoms with van der Waals surface area (Å²) in [5.41, 5.74) is 6.91. The highest BCUT2D eigenvalue weighted by molar-refractivity contribution is 7.07. The largest absolute Gasteiger partial charge is 0.461 e. The molecule has 0 bridgehead atoms. The minimum atomic E-state index is 0.000423. The second kappa shape index (κ2) is 6.33. The van der Waals surface area contributed by atoms with E-state index in [0.717, 1.165) is 13.0 Å². The summed E-state index contributed by atoms with van der Waals surface area (Å²) in [7, 11) is 0. The number of hydrogen-bond donors (Lipinski definition) is 2. The fraction of sp³-hybridized carbons (Fsp3) is 0.417. The zero-order chi connectivity index (χ0) is 13.7. The van der Waals surface area contributed by atoms with Gasteiger partial charge in [0.05, 0.1) is 6.10 Å². The molecule has 0 aliphatic carbocycles. The highest BCUT2D eigenvalue weighted by Crippen LogP contribution is 2.11. The molecular formula is C12H17N5OS. The van der Waals surface area contributed by atoms with Crippen molar-refractivity contribution in [2.24, 2.45) is 0 Å². The van der Waals surface area contributed by atoms with Crippen molar-refractivity contribution in [2.75, 3.05) is 17.6 Å². The summed E-state index contributed by atoms with van der Waals surface area (Å²) < 4.78 is 5.41. The number of nitrogens with zero attached hydrogens (tertiary/aromatic N) is 3. The van der Waals surface area contributed by atoms with Gasteiger partial charge < -0.3 is 15.8 Å². The molecule has 0 amide bonds. The van der Waals surface area contributed by atoms with E-state index in [2.05, 4.69) is 37.1 Å². The Morgan fingerprint density at radius 3 is 2.89 bits per heavy atom. The lowest BCUT2D eigenvalue weighted by molar-refractivity contribution is 0.222. The van der Waals surface area contributed by atoms with Gasteiger partial charge >= 0.3 is 6.01 Å². The van der Waals surface area contributed by atoms with Crippen LogP contribution in [0.2, 0.25) is 0 Å². The van der Waals surface area contributed by atoms with Crippen LogP contribution >= 0.6 is 11.3 Å². The Balaban J connectivity index is 1.93. The van der Waals surface area contributed by atoms with E-state index in [9.17, 15) is 0 Å². The molecule has 6 nitrogen and oxygen atoms in total. The number of nitrogen functional groups attached to an aromatic ring is 1. The van der Waals surface area contributed by atoms with Crippen LogP contribution in [0.4, 0.5) is 11.9 Å². The predicted octanol–water partition coefficient (Wildman–Crippen LogP) is 1.96. The van der Waals surface area contributed by atoms with Crippen molar-refractivity contribution in [3.8, 4) is 6.01 Å². The van der Waals surface area contributed by atoms with Crippen molar-refractivity contribution in [1.82, 2.24) is 15.0 Å².